The summed E-state index contributed by atoms with van der Waals surface area (Å²) in [6.07, 6.45) is 3.67. The lowest BCUT2D eigenvalue weighted by atomic mass is 10.3. The molecule has 0 aromatic carbocycles. The SMILES string of the molecule is CC(C)N1CCC(NC(=O)N(C)CC2CC2)C1. The minimum atomic E-state index is 0.104. The molecule has 1 saturated heterocycles. The Morgan fingerprint density at radius 2 is 2.12 bits per heavy atom. The van der Waals surface area contributed by atoms with E-state index in [0.29, 0.717) is 12.1 Å². The first-order valence-corrected chi connectivity index (χ1v) is 6.82. The number of amides is 2. The Bertz CT molecular complexity index is 276. The van der Waals surface area contributed by atoms with Crippen molar-refractivity contribution in [3.05, 3.63) is 0 Å². The molecule has 4 heteroatoms. The zero-order chi connectivity index (χ0) is 12.4. The molecule has 1 atom stereocenters. The van der Waals surface area contributed by atoms with E-state index in [1.807, 2.05) is 11.9 Å². The molecule has 2 fully saturated rings. The Kier molecular flexibility index (Phi) is 3.92. The Hall–Kier alpha value is -0.770. The second-order valence-electron chi connectivity index (χ2n) is 5.85. The van der Waals surface area contributed by atoms with E-state index in [0.717, 1.165) is 32.0 Å². The molecule has 2 aliphatic rings. The third-order valence-corrected chi connectivity index (χ3v) is 3.85. The highest BCUT2D eigenvalue weighted by Gasteiger charge is 2.28. The van der Waals surface area contributed by atoms with Gasteiger partial charge in [-0.25, -0.2) is 4.79 Å². The fraction of sp³-hybridized carbons (Fsp3) is 0.923. The lowest BCUT2D eigenvalue weighted by Crippen LogP contribution is -2.45. The van der Waals surface area contributed by atoms with Crippen molar-refractivity contribution in [2.45, 2.75) is 45.2 Å². The molecule has 2 amide bonds. The summed E-state index contributed by atoms with van der Waals surface area (Å²) >= 11 is 0. The van der Waals surface area contributed by atoms with E-state index in [2.05, 4.69) is 24.1 Å². The number of nitrogens with one attached hydrogen (secondary N) is 1. The lowest BCUT2D eigenvalue weighted by Gasteiger charge is -2.23. The number of likely N-dealkylation sites (tertiary alicyclic amines) is 1. The predicted octanol–water partition coefficient (Wildman–Crippen LogP) is 1.52. The Morgan fingerprint density at radius 1 is 1.41 bits per heavy atom. The third-order valence-electron chi connectivity index (χ3n) is 3.85. The van der Waals surface area contributed by atoms with Crippen molar-refractivity contribution in [2.75, 3.05) is 26.7 Å². The van der Waals surface area contributed by atoms with Crippen molar-refractivity contribution >= 4 is 6.03 Å². The van der Waals surface area contributed by atoms with Crippen LogP contribution in [0.15, 0.2) is 0 Å². The normalized spacial score (nSPS) is 25.3. The van der Waals surface area contributed by atoms with Crippen LogP contribution in [0.2, 0.25) is 0 Å². The first-order chi connectivity index (χ1) is 8.06. The number of hydrogen-bond acceptors (Lipinski definition) is 2. The number of carbonyl (C=O) groups is 1. The van der Waals surface area contributed by atoms with Crippen LogP contribution < -0.4 is 5.32 Å². The van der Waals surface area contributed by atoms with E-state index in [9.17, 15) is 4.79 Å². The molecule has 1 saturated carbocycles. The topological polar surface area (TPSA) is 35.6 Å². The van der Waals surface area contributed by atoms with E-state index < -0.39 is 0 Å². The maximum absolute atomic E-state index is 11.9. The van der Waals surface area contributed by atoms with Gasteiger partial charge in [0.05, 0.1) is 0 Å². The standard InChI is InChI=1S/C13H25N3O/c1-10(2)16-7-6-12(9-16)14-13(17)15(3)8-11-4-5-11/h10-12H,4-9H2,1-3H3,(H,14,17). The monoisotopic (exact) mass is 239 g/mol. The molecule has 0 bridgehead atoms. The molecule has 0 aromatic heterocycles. The van der Waals surface area contributed by atoms with Gasteiger partial charge in [0.15, 0.2) is 0 Å². The second-order valence-corrected chi connectivity index (χ2v) is 5.85. The highest BCUT2D eigenvalue weighted by atomic mass is 16.2. The van der Waals surface area contributed by atoms with Gasteiger partial charge in [0.1, 0.15) is 0 Å². The molecule has 1 aliphatic carbocycles. The average Bonchev–Trinajstić information content (AvgIpc) is 2.94. The molecule has 0 aromatic rings. The second kappa shape index (κ2) is 5.25. The molecule has 17 heavy (non-hydrogen) atoms. The number of hydrogen-bond donors (Lipinski definition) is 1. The van der Waals surface area contributed by atoms with Gasteiger partial charge in [-0.2, -0.15) is 0 Å². The van der Waals surface area contributed by atoms with Gasteiger partial charge >= 0.3 is 6.03 Å². The van der Waals surface area contributed by atoms with Crippen molar-refractivity contribution in [3.8, 4) is 0 Å². The molecule has 2 rings (SSSR count). The van der Waals surface area contributed by atoms with Gasteiger partial charge in [-0.3, -0.25) is 4.90 Å². The first kappa shape index (κ1) is 12.7. The molecule has 98 valence electrons. The summed E-state index contributed by atoms with van der Waals surface area (Å²) in [5, 5.41) is 3.14. The first-order valence-electron chi connectivity index (χ1n) is 6.82. The van der Waals surface area contributed by atoms with E-state index in [1.165, 1.54) is 12.8 Å². The van der Waals surface area contributed by atoms with E-state index >= 15 is 0 Å². The Morgan fingerprint density at radius 3 is 2.65 bits per heavy atom. The van der Waals surface area contributed by atoms with E-state index in [-0.39, 0.29) is 6.03 Å². The fourth-order valence-corrected chi connectivity index (χ4v) is 2.43. The molecular formula is C13H25N3O. The van der Waals surface area contributed by atoms with Crippen LogP contribution in [-0.2, 0) is 0 Å². The van der Waals surface area contributed by atoms with Gasteiger partial charge in [-0.1, -0.05) is 0 Å². The summed E-state index contributed by atoms with van der Waals surface area (Å²) in [4.78, 5) is 16.2. The van der Waals surface area contributed by atoms with Crippen LogP contribution in [0.4, 0.5) is 4.79 Å². The largest absolute Gasteiger partial charge is 0.334 e. The van der Waals surface area contributed by atoms with Crippen LogP contribution in [0.25, 0.3) is 0 Å². The Balaban J connectivity index is 1.71. The summed E-state index contributed by atoms with van der Waals surface area (Å²) in [6.45, 7) is 7.45. The van der Waals surface area contributed by atoms with Gasteiger partial charge in [0.25, 0.3) is 0 Å². The molecular weight excluding hydrogens is 214 g/mol. The molecule has 1 heterocycles. The lowest BCUT2D eigenvalue weighted by molar-refractivity contribution is 0.201. The highest BCUT2D eigenvalue weighted by molar-refractivity contribution is 5.74. The average molecular weight is 239 g/mol. The number of urea groups is 1. The van der Waals surface area contributed by atoms with Crippen LogP contribution in [0, 0.1) is 5.92 Å². The number of nitrogens with zero attached hydrogens (tertiary/aromatic N) is 2. The van der Waals surface area contributed by atoms with Crippen LogP contribution >= 0.6 is 0 Å². The molecule has 4 nitrogen and oxygen atoms in total. The summed E-state index contributed by atoms with van der Waals surface area (Å²) in [7, 11) is 1.91. The number of rotatable bonds is 4. The fourth-order valence-electron chi connectivity index (χ4n) is 2.43. The van der Waals surface area contributed by atoms with Gasteiger partial charge in [-0.05, 0) is 39.0 Å². The van der Waals surface area contributed by atoms with Gasteiger partial charge in [0, 0.05) is 38.8 Å². The molecule has 0 radical (unpaired) electrons. The van der Waals surface area contributed by atoms with Crippen molar-refractivity contribution in [3.63, 3.8) is 0 Å². The van der Waals surface area contributed by atoms with Crippen molar-refractivity contribution in [1.82, 2.24) is 15.1 Å². The van der Waals surface area contributed by atoms with E-state index in [4.69, 9.17) is 0 Å². The summed E-state index contributed by atoms with van der Waals surface area (Å²) in [5.41, 5.74) is 0. The highest BCUT2D eigenvalue weighted by Crippen LogP contribution is 2.29. The van der Waals surface area contributed by atoms with Crippen LogP contribution in [0.1, 0.15) is 33.1 Å². The van der Waals surface area contributed by atoms with Crippen molar-refractivity contribution < 1.29 is 4.79 Å². The maximum Gasteiger partial charge on any atom is 0.317 e. The van der Waals surface area contributed by atoms with Crippen LogP contribution in [0.5, 0.6) is 0 Å². The quantitative estimate of drug-likeness (QED) is 0.807. The van der Waals surface area contributed by atoms with E-state index in [1.54, 1.807) is 0 Å². The van der Waals surface area contributed by atoms with Gasteiger partial charge < -0.3 is 10.2 Å². The van der Waals surface area contributed by atoms with Crippen molar-refractivity contribution in [2.24, 2.45) is 5.92 Å². The van der Waals surface area contributed by atoms with Crippen LogP contribution in [-0.4, -0.2) is 54.6 Å². The number of carbonyl (C=O) groups excluding carboxylic acids is 1. The minimum absolute atomic E-state index is 0.104. The smallest absolute Gasteiger partial charge is 0.317 e. The summed E-state index contributed by atoms with van der Waals surface area (Å²) < 4.78 is 0. The van der Waals surface area contributed by atoms with Crippen LogP contribution in [0.3, 0.4) is 0 Å². The molecule has 0 spiro atoms. The van der Waals surface area contributed by atoms with Gasteiger partial charge in [-0.15, -0.1) is 0 Å². The molecule has 1 unspecified atom stereocenters. The Labute approximate surface area is 104 Å². The molecule has 1 aliphatic heterocycles. The summed E-state index contributed by atoms with van der Waals surface area (Å²) in [5.74, 6) is 0.765. The zero-order valence-electron chi connectivity index (χ0n) is 11.3. The molecule has 1 N–H and O–H groups in total. The minimum Gasteiger partial charge on any atom is -0.334 e. The maximum atomic E-state index is 11.9. The van der Waals surface area contributed by atoms with Crippen molar-refractivity contribution in [1.29, 1.82) is 0 Å². The third kappa shape index (κ3) is 3.60. The zero-order valence-corrected chi connectivity index (χ0v) is 11.3. The predicted molar refractivity (Wildman–Crippen MR) is 69.0 cm³/mol. The summed E-state index contributed by atoms with van der Waals surface area (Å²) in [6, 6.07) is 1.03. The van der Waals surface area contributed by atoms with Gasteiger partial charge in [0.2, 0.25) is 0 Å².